The van der Waals surface area contributed by atoms with E-state index in [1.165, 1.54) is 23.2 Å². The summed E-state index contributed by atoms with van der Waals surface area (Å²) < 4.78 is 26.7. The van der Waals surface area contributed by atoms with Gasteiger partial charge in [0.15, 0.2) is 0 Å². The minimum absolute atomic E-state index is 0.0375. The lowest BCUT2D eigenvalue weighted by molar-refractivity contribution is -0.131. The molecule has 0 aromatic heterocycles. The topological polar surface area (TPSA) is 69.7 Å². The lowest BCUT2D eigenvalue weighted by atomic mass is 10.3. The van der Waals surface area contributed by atoms with Gasteiger partial charge in [0.25, 0.3) is 0 Å². The summed E-state index contributed by atoms with van der Waals surface area (Å²) in [6.07, 6.45) is 2.50. The molecule has 1 aliphatic heterocycles. The molecule has 24 heavy (non-hydrogen) atoms. The van der Waals surface area contributed by atoms with Crippen LogP contribution in [0.1, 0.15) is 12.8 Å². The van der Waals surface area contributed by atoms with Crippen LogP contribution in [0.5, 0.6) is 0 Å². The van der Waals surface area contributed by atoms with Gasteiger partial charge in [0.1, 0.15) is 0 Å². The first-order valence-corrected chi connectivity index (χ1v) is 10.0. The molecule has 1 heterocycles. The van der Waals surface area contributed by atoms with Crippen LogP contribution in [0, 0.1) is 5.92 Å². The fourth-order valence-corrected chi connectivity index (χ4v) is 4.49. The highest BCUT2D eigenvalue weighted by Crippen LogP contribution is 2.27. The molecular weight excluding hydrogens is 350 g/mol. The molecule has 0 bridgehead atoms. The Balaban J connectivity index is 1.53. The molecule has 1 aliphatic carbocycles. The molecule has 1 N–H and O–H groups in total. The Hall–Kier alpha value is -1.15. The molecule has 0 radical (unpaired) electrons. The van der Waals surface area contributed by atoms with Crippen molar-refractivity contribution < 1.29 is 13.2 Å². The summed E-state index contributed by atoms with van der Waals surface area (Å²) in [5.74, 6) is 0.771. The van der Waals surface area contributed by atoms with Crippen molar-refractivity contribution >= 4 is 27.5 Å². The molecule has 2 aliphatic rings. The Morgan fingerprint density at radius 1 is 1.21 bits per heavy atom. The van der Waals surface area contributed by atoms with Crippen molar-refractivity contribution in [2.24, 2.45) is 5.92 Å². The van der Waals surface area contributed by atoms with E-state index in [4.69, 9.17) is 11.6 Å². The number of hydrogen-bond acceptors (Lipinski definition) is 4. The highest BCUT2D eigenvalue weighted by Gasteiger charge is 2.30. The number of nitrogens with zero attached hydrogens (tertiary/aromatic N) is 2. The monoisotopic (exact) mass is 371 g/mol. The van der Waals surface area contributed by atoms with Gasteiger partial charge in [-0.25, -0.2) is 8.42 Å². The highest BCUT2D eigenvalue weighted by atomic mass is 35.5. The second-order valence-corrected chi connectivity index (χ2v) is 8.69. The molecule has 1 aromatic carbocycles. The van der Waals surface area contributed by atoms with Crippen molar-refractivity contribution in [3.05, 3.63) is 29.3 Å². The van der Waals surface area contributed by atoms with Crippen molar-refractivity contribution in [1.82, 2.24) is 14.5 Å². The predicted octanol–water partition coefficient (Wildman–Crippen LogP) is 1.17. The Morgan fingerprint density at radius 2 is 1.92 bits per heavy atom. The molecule has 8 heteroatoms. The third kappa shape index (κ3) is 4.27. The maximum absolute atomic E-state index is 12.6. The molecule has 1 saturated carbocycles. The lowest BCUT2D eigenvalue weighted by Gasteiger charge is -2.34. The molecule has 132 valence electrons. The zero-order valence-corrected chi connectivity index (χ0v) is 15.0. The van der Waals surface area contributed by atoms with E-state index >= 15 is 0 Å². The average Bonchev–Trinajstić information content (AvgIpc) is 3.39. The first kappa shape index (κ1) is 17.7. The second kappa shape index (κ2) is 7.39. The number of benzene rings is 1. The lowest BCUT2D eigenvalue weighted by Crippen LogP contribution is -2.52. The molecule has 6 nitrogen and oxygen atoms in total. The van der Waals surface area contributed by atoms with Crippen LogP contribution in [0.3, 0.4) is 0 Å². The van der Waals surface area contributed by atoms with Gasteiger partial charge in [-0.2, -0.15) is 4.31 Å². The van der Waals surface area contributed by atoms with Crippen molar-refractivity contribution in [2.75, 3.05) is 39.3 Å². The van der Waals surface area contributed by atoms with Crippen LogP contribution in [-0.4, -0.2) is 62.8 Å². The molecule has 1 aromatic rings. The number of rotatable bonds is 6. The Kier molecular flexibility index (Phi) is 5.44. The standard InChI is InChI=1S/C16H22ClN3O3S/c17-14-2-1-3-15(10-14)24(22,23)20-8-6-19(7-9-20)16(21)12-18-11-13-4-5-13/h1-3,10,13,18H,4-9,11-12H2. The molecule has 1 saturated heterocycles. The zero-order valence-electron chi connectivity index (χ0n) is 13.4. The number of amides is 1. The average molecular weight is 372 g/mol. The van der Waals surface area contributed by atoms with E-state index in [2.05, 4.69) is 5.32 Å². The minimum atomic E-state index is -3.56. The van der Waals surface area contributed by atoms with E-state index in [0.29, 0.717) is 37.7 Å². The summed E-state index contributed by atoms with van der Waals surface area (Å²) in [7, 11) is -3.56. The SMILES string of the molecule is O=C(CNCC1CC1)N1CCN(S(=O)(=O)c2cccc(Cl)c2)CC1. The Morgan fingerprint density at radius 3 is 2.54 bits per heavy atom. The molecule has 0 unspecified atom stereocenters. The number of piperazine rings is 1. The van der Waals surface area contributed by atoms with Gasteiger partial charge >= 0.3 is 0 Å². The van der Waals surface area contributed by atoms with E-state index in [1.54, 1.807) is 23.1 Å². The van der Waals surface area contributed by atoms with Crippen LogP contribution >= 0.6 is 11.6 Å². The van der Waals surface area contributed by atoms with Crippen LogP contribution in [0.15, 0.2) is 29.2 Å². The van der Waals surface area contributed by atoms with Gasteiger partial charge in [0, 0.05) is 31.2 Å². The van der Waals surface area contributed by atoms with Crippen LogP contribution in [0.2, 0.25) is 5.02 Å². The van der Waals surface area contributed by atoms with Gasteiger partial charge < -0.3 is 10.2 Å². The van der Waals surface area contributed by atoms with Crippen LogP contribution in [-0.2, 0) is 14.8 Å². The largest absolute Gasteiger partial charge is 0.339 e. The highest BCUT2D eigenvalue weighted by molar-refractivity contribution is 7.89. The third-order valence-corrected chi connectivity index (χ3v) is 6.56. The van der Waals surface area contributed by atoms with Crippen LogP contribution in [0.25, 0.3) is 0 Å². The summed E-state index contributed by atoms with van der Waals surface area (Å²) >= 11 is 5.89. The smallest absolute Gasteiger partial charge is 0.243 e. The number of carbonyl (C=O) groups excluding carboxylic acids is 1. The third-order valence-electron chi connectivity index (χ3n) is 4.43. The summed E-state index contributed by atoms with van der Waals surface area (Å²) in [6, 6.07) is 6.27. The number of carbonyl (C=O) groups is 1. The summed E-state index contributed by atoms with van der Waals surface area (Å²) in [6.45, 7) is 2.69. The first-order chi connectivity index (χ1) is 11.5. The van der Waals surface area contributed by atoms with Crippen LogP contribution < -0.4 is 5.32 Å². The van der Waals surface area contributed by atoms with Gasteiger partial charge in [0.05, 0.1) is 11.4 Å². The van der Waals surface area contributed by atoms with E-state index in [-0.39, 0.29) is 10.8 Å². The molecule has 0 atom stereocenters. The van der Waals surface area contributed by atoms with E-state index < -0.39 is 10.0 Å². The first-order valence-electron chi connectivity index (χ1n) is 8.21. The predicted molar refractivity (Wildman–Crippen MR) is 92.4 cm³/mol. The molecule has 3 rings (SSSR count). The van der Waals surface area contributed by atoms with Crippen molar-refractivity contribution in [1.29, 1.82) is 0 Å². The van der Waals surface area contributed by atoms with Gasteiger partial charge in [-0.3, -0.25) is 4.79 Å². The van der Waals surface area contributed by atoms with Gasteiger partial charge in [-0.05, 0) is 43.5 Å². The summed E-state index contributed by atoms with van der Waals surface area (Å²) in [5, 5.41) is 3.58. The fraction of sp³-hybridized carbons (Fsp3) is 0.562. The van der Waals surface area contributed by atoms with Crippen LogP contribution in [0.4, 0.5) is 0 Å². The van der Waals surface area contributed by atoms with Gasteiger partial charge in [-0.15, -0.1) is 0 Å². The Bertz CT molecular complexity index is 698. The zero-order chi connectivity index (χ0) is 17.2. The quantitative estimate of drug-likeness (QED) is 0.815. The minimum Gasteiger partial charge on any atom is -0.339 e. The number of hydrogen-bond donors (Lipinski definition) is 1. The number of sulfonamides is 1. The second-order valence-electron chi connectivity index (χ2n) is 6.32. The molecule has 1 amide bonds. The van der Waals surface area contributed by atoms with Crippen molar-refractivity contribution in [3.8, 4) is 0 Å². The summed E-state index contributed by atoms with van der Waals surface area (Å²) in [5.41, 5.74) is 0. The van der Waals surface area contributed by atoms with Gasteiger partial charge in [-0.1, -0.05) is 17.7 Å². The van der Waals surface area contributed by atoms with E-state index in [1.807, 2.05) is 0 Å². The summed E-state index contributed by atoms with van der Waals surface area (Å²) in [4.78, 5) is 14.1. The van der Waals surface area contributed by atoms with Crippen molar-refractivity contribution in [2.45, 2.75) is 17.7 Å². The fourth-order valence-electron chi connectivity index (χ4n) is 2.77. The number of halogens is 1. The maximum Gasteiger partial charge on any atom is 0.243 e. The number of nitrogens with one attached hydrogen (secondary N) is 1. The van der Waals surface area contributed by atoms with Crippen molar-refractivity contribution in [3.63, 3.8) is 0 Å². The molecular formula is C16H22ClN3O3S. The normalized spacial score (nSPS) is 19.5. The van der Waals surface area contributed by atoms with E-state index in [9.17, 15) is 13.2 Å². The van der Waals surface area contributed by atoms with E-state index in [0.717, 1.165) is 12.5 Å². The Labute approximate surface area is 147 Å². The van der Waals surface area contributed by atoms with Gasteiger partial charge in [0.2, 0.25) is 15.9 Å². The maximum atomic E-state index is 12.6. The molecule has 2 fully saturated rings. The molecule has 0 spiro atoms.